The van der Waals surface area contributed by atoms with Gasteiger partial charge in [-0.3, -0.25) is 0 Å². The third kappa shape index (κ3) is 10.5. The SMILES string of the molecule is C#CCCCC/C=C/C=C/C(=O)O. The van der Waals surface area contributed by atoms with E-state index in [2.05, 4.69) is 5.92 Å². The predicted molar refractivity (Wildman–Crippen MR) is 53.2 cm³/mol. The van der Waals surface area contributed by atoms with Crippen LogP contribution in [0.5, 0.6) is 0 Å². The number of allylic oxidation sites excluding steroid dienone is 3. The smallest absolute Gasteiger partial charge is 0.328 e. The van der Waals surface area contributed by atoms with Crippen molar-refractivity contribution in [3.8, 4) is 12.3 Å². The summed E-state index contributed by atoms with van der Waals surface area (Å²) >= 11 is 0. The highest BCUT2D eigenvalue weighted by atomic mass is 16.4. The van der Waals surface area contributed by atoms with Crippen molar-refractivity contribution < 1.29 is 9.90 Å². The number of hydrogen-bond donors (Lipinski definition) is 1. The Bertz CT molecular complexity index is 231. The Hall–Kier alpha value is -1.49. The molecule has 0 bridgehead atoms. The largest absolute Gasteiger partial charge is 0.478 e. The van der Waals surface area contributed by atoms with Gasteiger partial charge in [-0.1, -0.05) is 18.2 Å². The zero-order chi connectivity index (χ0) is 9.94. The highest BCUT2D eigenvalue weighted by Gasteiger charge is 1.82. The fourth-order valence-corrected chi connectivity index (χ4v) is 0.802. The van der Waals surface area contributed by atoms with Crippen LogP contribution >= 0.6 is 0 Å². The molecule has 0 atom stereocenters. The van der Waals surface area contributed by atoms with Gasteiger partial charge in [-0.15, -0.1) is 12.3 Å². The monoisotopic (exact) mass is 178 g/mol. The standard InChI is InChI=1S/C11H14O2/c1-2-3-4-5-6-7-8-9-10-11(12)13/h1,7-10H,3-6H2,(H,12,13)/b8-7+,10-9+. The highest BCUT2D eigenvalue weighted by molar-refractivity contribution is 5.80. The molecule has 2 heteroatoms. The summed E-state index contributed by atoms with van der Waals surface area (Å²) in [5, 5.41) is 8.24. The average Bonchev–Trinajstić information content (AvgIpc) is 2.09. The Kier molecular flexibility index (Phi) is 7.62. The van der Waals surface area contributed by atoms with Crippen molar-refractivity contribution >= 4 is 5.97 Å². The van der Waals surface area contributed by atoms with E-state index in [1.807, 2.05) is 6.08 Å². The first-order valence-electron chi connectivity index (χ1n) is 4.27. The Morgan fingerprint density at radius 3 is 2.77 bits per heavy atom. The number of hydrogen-bond acceptors (Lipinski definition) is 1. The van der Waals surface area contributed by atoms with Crippen molar-refractivity contribution in [1.82, 2.24) is 0 Å². The summed E-state index contributed by atoms with van der Waals surface area (Å²) in [7, 11) is 0. The van der Waals surface area contributed by atoms with E-state index < -0.39 is 5.97 Å². The van der Waals surface area contributed by atoms with E-state index in [9.17, 15) is 4.79 Å². The molecule has 0 spiro atoms. The number of aliphatic carboxylic acids is 1. The molecule has 0 fully saturated rings. The molecular formula is C11H14O2. The summed E-state index contributed by atoms with van der Waals surface area (Å²) in [5.74, 6) is 1.65. The van der Waals surface area contributed by atoms with Crippen LogP contribution in [-0.2, 0) is 4.79 Å². The van der Waals surface area contributed by atoms with Gasteiger partial charge >= 0.3 is 5.97 Å². The molecule has 13 heavy (non-hydrogen) atoms. The summed E-state index contributed by atoms with van der Waals surface area (Å²) < 4.78 is 0. The van der Waals surface area contributed by atoms with E-state index in [1.165, 1.54) is 6.08 Å². The Morgan fingerprint density at radius 2 is 2.15 bits per heavy atom. The Balaban J connectivity index is 3.33. The van der Waals surface area contributed by atoms with Crippen molar-refractivity contribution in [3.63, 3.8) is 0 Å². The molecule has 70 valence electrons. The van der Waals surface area contributed by atoms with Gasteiger partial charge in [0.1, 0.15) is 0 Å². The van der Waals surface area contributed by atoms with Gasteiger partial charge in [-0.25, -0.2) is 4.79 Å². The van der Waals surface area contributed by atoms with Crippen LogP contribution in [0.25, 0.3) is 0 Å². The van der Waals surface area contributed by atoms with Gasteiger partial charge < -0.3 is 5.11 Å². The van der Waals surface area contributed by atoms with E-state index in [1.54, 1.807) is 6.08 Å². The van der Waals surface area contributed by atoms with Gasteiger partial charge in [-0.2, -0.15) is 0 Å². The van der Waals surface area contributed by atoms with Crippen LogP contribution in [0, 0.1) is 12.3 Å². The van der Waals surface area contributed by atoms with Crippen LogP contribution < -0.4 is 0 Å². The molecular weight excluding hydrogens is 164 g/mol. The van der Waals surface area contributed by atoms with Crippen molar-refractivity contribution in [2.24, 2.45) is 0 Å². The van der Waals surface area contributed by atoms with E-state index in [0.29, 0.717) is 0 Å². The Morgan fingerprint density at radius 1 is 1.38 bits per heavy atom. The highest BCUT2D eigenvalue weighted by Crippen LogP contribution is 1.99. The topological polar surface area (TPSA) is 37.3 Å². The summed E-state index contributed by atoms with van der Waals surface area (Å²) in [4.78, 5) is 10.0. The molecule has 0 aromatic carbocycles. The number of unbranched alkanes of at least 4 members (excludes halogenated alkanes) is 3. The fourth-order valence-electron chi connectivity index (χ4n) is 0.802. The zero-order valence-electron chi connectivity index (χ0n) is 7.57. The van der Waals surface area contributed by atoms with Crippen molar-refractivity contribution in [2.75, 3.05) is 0 Å². The maximum Gasteiger partial charge on any atom is 0.328 e. The van der Waals surface area contributed by atoms with Gasteiger partial charge in [0.25, 0.3) is 0 Å². The zero-order valence-corrected chi connectivity index (χ0v) is 7.57. The number of carboxylic acid groups (broad SMARTS) is 1. The number of rotatable bonds is 6. The van der Waals surface area contributed by atoms with Crippen molar-refractivity contribution in [1.29, 1.82) is 0 Å². The maximum atomic E-state index is 10.0. The number of terminal acetylenes is 1. The molecule has 0 unspecified atom stereocenters. The van der Waals surface area contributed by atoms with E-state index in [0.717, 1.165) is 31.8 Å². The minimum Gasteiger partial charge on any atom is -0.478 e. The second kappa shape index (κ2) is 8.61. The molecule has 0 heterocycles. The normalized spacial score (nSPS) is 10.7. The van der Waals surface area contributed by atoms with Gasteiger partial charge in [-0.05, 0) is 19.3 Å². The molecule has 0 saturated heterocycles. The second-order valence-corrected chi connectivity index (χ2v) is 2.58. The van der Waals surface area contributed by atoms with Gasteiger partial charge in [0.2, 0.25) is 0 Å². The molecule has 0 aromatic rings. The summed E-state index contributed by atoms with van der Waals surface area (Å²) in [5.41, 5.74) is 0. The number of carboxylic acids is 1. The van der Waals surface area contributed by atoms with Crippen LogP contribution in [0.1, 0.15) is 25.7 Å². The van der Waals surface area contributed by atoms with Gasteiger partial charge in [0.15, 0.2) is 0 Å². The van der Waals surface area contributed by atoms with Crippen LogP contribution in [0.3, 0.4) is 0 Å². The second-order valence-electron chi connectivity index (χ2n) is 2.58. The quantitative estimate of drug-likeness (QED) is 0.293. The molecule has 0 aliphatic rings. The lowest BCUT2D eigenvalue weighted by molar-refractivity contribution is -0.131. The van der Waals surface area contributed by atoms with E-state index in [-0.39, 0.29) is 0 Å². The fraction of sp³-hybridized carbons (Fsp3) is 0.364. The lowest BCUT2D eigenvalue weighted by atomic mass is 10.2. The van der Waals surface area contributed by atoms with Crippen LogP contribution in [0.2, 0.25) is 0 Å². The van der Waals surface area contributed by atoms with Crippen molar-refractivity contribution in [3.05, 3.63) is 24.3 Å². The Labute approximate surface area is 79.0 Å². The molecule has 0 rings (SSSR count). The lowest BCUT2D eigenvalue weighted by Gasteiger charge is -1.89. The third-order valence-corrected chi connectivity index (χ3v) is 1.43. The summed E-state index contributed by atoms with van der Waals surface area (Å²) in [6.07, 6.45) is 15.2. The molecule has 2 nitrogen and oxygen atoms in total. The third-order valence-electron chi connectivity index (χ3n) is 1.43. The minimum absolute atomic E-state index is 0.818. The maximum absolute atomic E-state index is 10.0. The first kappa shape index (κ1) is 11.5. The van der Waals surface area contributed by atoms with Crippen LogP contribution in [0.4, 0.5) is 0 Å². The van der Waals surface area contributed by atoms with Gasteiger partial charge in [0, 0.05) is 12.5 Å². The van der Waals surface area contributed by atoms with Crippen LogP contribution in [0.15, 0.2) is 24.3 Å². The first-order valence-corrected chi connectivity index (χ1v) is 4.27. The molecule has 0 aliphatic carbocycles. The average molecular weight is 178 g/mol. The van der Waals surface area contributed by atoms with Crippen molar-refractivity contribution in [2.45, 2.75) is 25.7 Å². The minimum atomic E-state index is -0.919. The molecule has 0 amide bonds. The summed E-state index contributed by atoms with van der Waals surface area (Å²) in [6.45, 7) is 0. The van der Waals surface area contributed by atoms with Gasteiger partial charge in [0.05, 0.1) is 0 Å². The van der Waals surface area contributed by atoms with Crippen LogP contribution in [-0.4, -0.2) is 11.1 Å². The number of carbonyl (C=O) groups is 1. The first-order chi connectivity index (χ1) is 6.27. The lowest BCUT2D eigenvalue weighted by Crippen LogP contribution is -1.84. The predicted octanol–water partition coefficient (Wildman–Crippen LogP) is 2.38. The van der Waals surface area contributed by atoms with E-state index >= 15 is 0 Å². The molecule has 1 N–H and O–H groups in total. The molecule has 0 radical (unpaired) electrons. The molecule has 0 aromatic heterocycles. The molecule has 0 aliphatic heterocycles. The van der Waals surface area contributed by atoms with E-state index in [4.69, 9.17) is 11.5 Å². The molecule has 0 saturated carbocycles. The summed E-state index contributed by atoms with van der Waals surface area (Å²) in [6, 6.07) is 0.